The van der Waals surface area contributed by atoms with Gasteiger partial charge >= 0.3 is 0 Å². The van der Waals surface area contributed by atoms with Crippen LogP contribution in [-0.4, -0.2) is 41.6 Å². The number of para-hydroxylation sites is 2. The number of carbonyl (C=O) groups is 1. The fourth-order valence-electron chi connectivity index (χ4n) is 3.93. The Morgan fingerprint density at radius 2 is 2.14 bits per heavy atom. The van der Waals surface area contributed by atoms with Crippen LogP contribution in [0, 0.1) is 5.92 Å². The third-order valence-corrected chi connectivity index (χ3v) is 5.46. The molecule has 0 saturated heterocycles. The number of hydrogen-bond acceptors (Lipinski definition) is 5. The number of nitrogens with zero attached hydrogens (tertiary/aromatic N) is 4. The van der Waals surface area contributed by atoms with E-state index in [9.17, 15) is 15.0 Å². The molecule has 0 aliphatic heterocycles. The number of benzene rings is 1. The van der Waals surface area contributed by atoms with Gasteiger partial charge in [0, 0.05) is 31.8 Å². The molecule has 148 valence electrons. The maximum absolute atomic E-state index is 12.7. The van der Waals surface area contributed by atoms with E-state index in [1.165, 1.54) is 0 Å². The Kier molecular flexibility index (Phi) is 5.15. The molecule has 1 atom stereocenters. The van der Waals surface area contributed by atoms with Crippen LogP contribution in [0.1, 0.15) is 36.7 Å². The fourth-order valence-corrected chi connectivity index (χ4v) is 3.93. The quantitative estimate of drug-likeness (QED) is 0.570. The average molecular weight is 383 g/mol. The summed E-state index contributed by atoms with van der Waals surface area (Å²) in [5, 5.41) is 26.6. The Morgan fingerprint density at radius 3 is 2.82 bits per heavy atom. The molecule has 8 nitrogen and oxygen atoms in total. The first-order chi connectivity index (χ1) is 13.5. The predicted octanol–water partition coefficient (Wildman–Crippen LogP) is 1.28. The Morgan fingerprint density at radius 1 is 1.36 bits per heavy atom. The fraction of sp³-hybridized carbons (Fsp3) is 0.450. The predicted molar refractivity (Wildman–Crippen MR) is 103 cm³/mol. The van der Waals surface area contributed by atoms with E-state index in [0.29, 0.717) is 25.2 Å². The van der Waals surface area contributed by atoms with E-state index < -0.39 is 0 Å². The van der Waals surface area contributed by atoms with Gasteiger partial charge in [-0.2, -0.15) is 5.10 Å². The molecule has 28 heavy (non-hydrogen) atoms. The van der Waals surface area contributed by atoms with E-state index in [1.807, 2.05) is 42.1 Å². The number of fused-ring (bicyclic) bond motifs is 1. The van der Waals surface area contributed by atoms with Gasteiger partial charge in [0.15, 0.2) is 0 Å². The van der Waals surface area contributed by atoms with Gasteiger partial charge in [-0.25, -0.2) is 4.98 Å². The van der Waals surface area contributed by atoms with Gasteiger partial charge < -0.3 is 20.1 Å². The SMILES string of the molecule is Cn1cc([C@@H](NC(=O)CCn2c(CO)nc3ccccc32)C2CC(O)C2)cn1. The highest BCUT2D eigenvalue weighted by atomic mass is 16.3. The van der Waals surface area contributed by atoms with Crippen LogP contribution in [0.25, 0.3) is 11.0 Å². The standard InChI is InChI=1S/C20H25N5O3/c1-24-11-14(10-21-24)20(13-8-15(27)9-13)23-19(28)6-7-25-17-5-3-2-4-16(17)22-18(25)12-26/h2-5,10-11,13,15,20,26-27H,6-9,12H2,1H3,(H,23,28)/t13?,15?,20-/m0/s1. The lowest BCUT2D eigenvalue weighted by molar-refractivity contribution is -0.123. The maximum atomic E-state index is 12.7. The van der Waals surface area contributed by atoms with Gasteiger partial charge in [-0.3, -0.25) is 9.48 Å². The van der Waals surface area contributed by atoms with E-state index in [1.54, 1.807) is 10.9 Å². The zero-order valence-electron chi connectivity index (χ0n) is 15.8. The smallest absolute Gasteiger partial charge is 0.222 e. The molecule has 1 saturated carbocycles. The summed E-state index contributed by atoms with van der Waals surface area (Å²) in [6, 6.07) is 7.50. The van der Waals surface area contributed by atoms with Gasteiger partial charge in [0.25, 0.3) is 0 Å². The van der Waals surface area contributed by atoms with Gasteiger partial charge in [0.1, 0.15) is 12.4 Å². The van der Waals surface area contributed by atoms with E-state index in [4.69, 9.17) is 0 Å². The molecule has 8 heteroatoms. The van der Waals surface area contributed by atoms with Crippen molar-refractivity contribution in [2.24, 2.45) is 13.0 Å². The van der Waals surface area contributed by atoms with E-state index in [0.717, 1.165) is 16.6 Å². The zero-order chi connectivity index (χ0) is 19.7. The molecule has 1 aliphatic rings. The molecule has 1 aromatic carbocycles. The second kappa shape index (κ2) is 7.73. The maximum Gasteiger partial charge on any atom is 0.222 e. The first-order valence-corrected chi connectivity index (χ1v) is 9.56. The second-order valence-corrected chi connectivity index (χ2v) is 7.45. The number of aryl methyl sites for hydroxylation is 2. The van der Waals surface area contributed by atoms with Crippen molar-refractivity contribution >= 4 is 16.9 Å². The minimum absolute atomic E-state index is 0.0723. The largest absolute Gasteiger partial charge is 0.393 e. The number of amides is 1. The lowest BCUT2D eigenvalue weighted by atomic mass is 9.75. The van der Waals surface area contributed by atoms with Crippen LogP contribution < -0.4 is 5.32 Å². The third kappa shape index (κ3) is 3.65. The summed E-state index contributed by atoms with van der Waals surface area (Å²) in [6.45, 7) is 0.268. The number of aliphatic hydroxyl groups excluding tert-OH is 2. The van der Waals surface area contributed by atoms with Crippen LogP contribution in [0.4, 0.5) is 0 Å². The van der Waals surface area contributed by atoms with Crippen LogP contribution in [0.2, 0.25) is 0 Å². The summed E-state index contributed by atoms with van der Waals surface area (Å²) in [6.07, 6.45) is 5.03. The number of aliphatic hydroxyl groups is 2. The van der Waals surface area contributed by atoms with Crippen molar-refractivity contribution in [2.75, 3.05) is 0 Å². The molecule has 3 N–H and O–H groups in total. The summed E-state index contributed by atoms with van der Waals surface area (Å²) in [7, 11) is 1.85. The number of carbonyl (C=O) groups excluding carboxylic acids is 1. The first-order valence-electron chi connectivity index (χ1n) is 9.56. The van der Waals surface area contributed by atoms with Crippen molar-refractivity contribution in [3.63, 3.8) is 0 Å². The summed E-state index contributed by atoms with van der Waals surface area (Å²) in [4.78, 5) is 17.1. The van der Waals surface area contributed by atoms with Crippen LogP contribution in [0.3, 0.4) is 0 Å². The van der Waals surface area contributed by atoms with Crippen LogP contribution in [-0.2, 0) is 25.0 Å². The molecular weight excluding hydrogens is 358 g/mol. The highest BCUT2D eigenvalue weighted by molar-refractivity contribution is 5.78. The Bertz CT molecular complexity index is 973. The topological polar surface area (TPSA) is 105 Å². The summed E-state index contributed by atoms with van der Waals surface area (Å²) in [5.74, 6) is 0.696. The molecule has 0 radical (unpaired) electrons. The second-order valence-electron chi connectivity index (χ2n) is 7.45. The summed E-state index contributed by atoms with van der Waals surface area (Å²) < 4.78 is 3.61. The number of aromatic nitrogens is 4. The molecule has 0 unspecified atom stereocenters. The van der Waals surface area contributed by atoms with Gasteiger partial charge in [0.2, 0.25) is 5.91 Å². The molecule has 2 aromatic heterocycles. The van der Waals surface area contributed by atoms with E-state index >= 15 is 0 Å². The monoisotopic (exact) mass is 383 g/mol. The van der Waals surface area contributed by atoms with Crippen molar-refractivity contribution in [1.82, 2.24) is 24.6 Å². The molecule has 1 aliphatic carbocycles. The van der Waals surface area contributed by atoms with Crippen molar-refractivity contribution in [3.05, 3.63) is 48.0 Å². The molecule has 0 spiro atoms. The zero-order valence-corrected chi connectivity index (χ0v) is 15.8. The Hall–Kier alpha value is -2.71. The average Bonchev–Trinajstić information content (AvgIpc) is 3.25. The van der Waals surface area contributed by atoms with Gasteiger partial charge in [-0.15, -0.1) is 0 Å². The van der Waals surface area contributed by atoms with Crippen LogP contribution in [0.5, 0.6) is 0 Å². The van der Waals surface area contributed by atoms with Gasteiger partial charge in [-0.05, 0) is 30.9 Å². The number of imidazole rings is 1. The van der Waals surface area contributed by atoms with Crippen LogP contribution in [0.15, 0.2) is 36.7 Å². The first kappa shape index (κ1) is 18.6. The van der Waals surface area contributed by atoms with Crippen molar-refractivity contribution < 1.29 is 15.0 Å². The van der Waals surface area contributed by atoms with E-state index in [2.05, 4.69) is 15.4 Å². The van der Waals surface area contributed by atoms with Gasteiger partial charge in [-0.1, -0.05) is 12.1 Å². The molecule has 2 heterocycles. The highest BCUT2D eigenvalue weighted by Crippen LogP contribution is 2.38. The lowest BCUT2D eigenvalue weighted by Crippen LogP contribution is -2.41. The minimum Gasteiger partial charge on any atom is -0.393 e. The molecule has 0 bridgehead atoms. The minimum atomic E-state index is -0.287. The van der Waals surface area contributed by atoms with Crippen molar-refractivity contribution in [2.45, 2.75) is 44.6 Å². The van der Waals surface area contributed by atoms with Crippen molar-refractivity contribution in [1.29, 1.82) is 0 Å². The number of rotatable bonds is 7. The molecule has 3 aromatic rings. The number of hydrogen-bond donors (Lipinski definition) is 3. The molecule has 1 amide bonds. The summed E-state index contributed by atoms with van der Waals surface area (Å²) in [5.41, 5.74) is 2.67. The number of nitrogens with one attached hydrogen (secondary N) is 1. The van der Waals surface area contributed by atoms with Crippen LogP contribution >= 0.6 is 0 Å². The molecule has 1 fully saturated rings. The normalized spacial score (nSPS) is 20.1. The van der Waals surface area contributed by atoms with E-state index in [-0.39, 0.29) is 37.0 Å². The third-order valence-electron chi connectivity index (χ3n) is 5.46. The van der Waals surface area contributed by atoms with Gasteiger partial charge in [0.05, 0.1) is 29.4 Å². The molecular formula is C20H25N5O3. The molecule has 4 rings (SSSR count). The lowest BCUT2D eigenvalue weighted by Gasteiger charge is -2.37. The summed E-state index contributed by atoms with van der Waals surface area (Å²) >= 11 is 0. The Balaban J connectivity index is 1.46. The Labute approximate surface area is 162 Å². The van der Waals surface area contributed by atoms with Crippen molar-refractivity contribution in [3.8, 4) is 0 Å². The highest BCUT2D eigenvalue weighted by Gasteiger charge is 2.36.